The lowest BCUT2D eigenvalue weighted by Crippen LogP contribution is -2.17. The van der Waals surface area contributed by atoms with Gasteiger partial charge in [0.1, 0.15) is 0 Å². The number of rotatable bonds is 8. The Hall–Kier alpha value is -2.01. The van der Waals surface area contributed by atoms with E-state index in [1.54, 1.807) is 0 Å². The van der Waals surface area contributed by atoms with Crippen molar-refractivity contribution >= 4 is 27.1 Å². The van der Waals surface area contributed by atoms with E-state index in [0.29, 0.717) is 12.1 Å². The van der Waals surface area contributed by atoms with Crippen LogP contribution in [-0.2, 0) is 10.0 Å². The molecule has 0 fully saturated rings. The molecule has 0 saturated heterocycles. The first-order valence-corrected chi connectivity index (χ1v) is 10.0. The van der Waals surface area contributed by atoms with Gasteiger partial charge in [0.2, 0.25) is 10.0 Å². The largest absolute Gasteiger partial charge is 0.342 e. The van der Waals surface area contributed by atoms with Gasteiger partial charge in [-0.05, 0) is 62.2 Å². The molecule has 0 heterocycles. The molecular formula is C19H26N2O2S. The van der Waals surface area contributed by atoms with Crippen molar-refractivity contribution < 1.29 is 8.42 Å². The van der Waals surface area contributed by atoms with Crippen molar-refractivity contribution in [3.8, 4) is 0 Å². The van der Waals surface area contributed by atoms with Crippen LogP contribution in [0.25, 0.3) is 0 Å². The molecule has 4 nitrogen and oxygen atoms in total. The van der Waals surface area contributed by atoms with Gasteiger partial charge in [-0.3, -0.25) is 4.72 Å². The van der Waals surface area contributed by atoms with Gasteiger partial charge in [-0.25, -0.2) is 8.42 Å². The smallest absolute Gasteiger partial charge is 0.232 e. The maximum absolute atomic E-state index is 12.0. The van der Waals surface area contributed by atoms with Crippen LogP contribution < -0.4 is 9.62 Å². The summed E-state index contributed by atoms with van der Waals surface area (Å²) < 4.78 is 26.6. The Morgan fingerprint density at radius 1 is 1.00 bits per heavy atom. The number of nitrogens with zero attached hydrogens (tertiary/aromatic N) is 1. The molecule has 24 heavy (non-hydrogen) atoms. The monoisotopic (exact) mass is 346 g/mol. The Morgan fingerprint density at radius 2 is 1.71 bits per heavy atom. The average molecular weight is 346 g/mol. The molecule has 0 aliphatic carbocycles. The Bertz CT molecular complexity index is 755. The number of unbranched alkanes of at least 4 members (excludes halogenated alkanes) is 1. The molecule has 0 amide bonds. The van der Waals surface area contributed by atoms with E-state index in [1.165, 1.54) is 5.56 Å². The second-order valence-electron chi connectivity index (χ2n) is 5.90. The normalized spacial score (nSPS) is 11.3. The lowest BCUT2D eigenvalue weighted by atomic mass is 10.2. The van der Waals surface area contributed by atoms with Crippen LogP contribution in [0.1, 0.15) is 32.3 Å². The number of aryl methyl sites for hydroxylation is 1. The van der Waals surface area contributed by atoms with Gasteiger partial charge in [-0.15, -0.1) is 0 Å². The second kappa shape index (κ2) is 8.20. The summed E-state index contributed by atoms with van der Waals surface area (Å²) in [5.74, 6) is 0.162. The van der Waals surface area contributed by atoms with Crippen LogP contribution in [0.4, 0.5) is 17.1 Å². The molecule has 0 radical (unpaired) electrons. The minimum absolute atomic E-state index is 0.162. The fourth-order valence-electron chi connectivity index (χ4n) is 2.58. The van der Waals surface area contributed by atoms with Crippen molar-refractivity contribution in [3.63, 3.8) is 0 Å². The number of nitrogens with one attached hydrogen (secondary N) is 1. The van der Waals surface area contributed by atoms with E-state index >= 15 is 0 Å². The van der Waals surface area contributed by atoms with Gasteiger partial charge in [0, 0.05) is 23.6 Å². The highest BCUT2D eigenvalue weighted by atomic mass is 32.2. The molecule has 0 aliphatic heterocycles. The van der Waals surface area contributed by atoms with Gasteiger partial charge in [0.05, 0.1) is 5.75 Å². The van der Waals surface area contributed by atoms with Gasteiger partial charge >= 0.3 is 0 Å². The summed E-state index contributed by atoms with van der Waals surface area (Å²) in [4.78, 5) is 2.20. The molecule has 2 aromatic rings. The molecule has 0 aromatic heterocycles. The average Bonchev–Trinajstić information content (AvgIpc) is 2.55. The van der Waals surface area contributed by atoms with Crippen LogP contribution in [-0.4, -0.2) is 20.7 Å². The summed E-state index contributed by atoms with van der Waals surface area (Å²) in [5.41, 5.74) is 4.00. The van der Waals surface area contributed by atoms with Crippen molar-refractivity contribution in [2.75, 3.05) is 21.9 Å². The topological polar surface area (TPSA) is 49.4 Å². The zero-order valence-corrected chi connectivity index (χ0v) is 15.4. The Kier molecular flexibility index (Phi) is 6.26. The van der Waals surface area contributed by atoms with Gasteiger partial charge in [-0.1, -0.05) is 25.5 Å². The van der Waals surface area contributed by atoms with Gasteiger partial charge in [-0.2, -0.15) is 0 Å². The Morgan fingerprint density at radius 3 is 2.29 bits per heavy atom. The van der Waals surface area contributed by atoms with Gasteiger partial charge < -0.3 is 4.90 Å². The van der Waals surface area contributed by atoms with Gasteiger partial charge in [0.25, 0.3) is 0 Å². The van der Waals surface area contributed by atoms with E-state index in [0.717, 1.165) is 24.3 Å². The Labute approximate surface area is 145 Å². The number of anilines is 3. The highest BCUT2D eigenvalue weighted by Gasteiger charge is 2.11. The lowest BCUT2D eigenvalue weighted by Gasteiger charge is -2.24. The molecule has 0 spiro atoms. The predicted molar refractivity (Wildman–Crippen MR) is 103 cm³/mol. The summed E-state index contributed by atoms with van der Waals surface area (Å²) in [6.07, 6.45) is 1.53. The van der Waals surface area contributed by atoms with Crippen LogP contribution in [0.15, 0.2) is 48.5 Å². The first-order valence-electron chi connectivity index (χ1n) is 8.40. The third-order valence-electron chi connectivity index (χ3n) is 3.85. The van der Waals surface area contributed by atoms with Crippen molar-refractivity contribution in [1.82, 2.24) is 0 Å². The standard InChI is InChI=1S/C19H26N2O2S/c1-4-6-14-24(22,23)20-17-10-12-18(13-11-17)21(5-2)19-9-7-8-16(3)15-19/h7-13,15,20H,4-6,14H2,1-3H3. The minimum Gasteiger partial charge on any atom is -0.342 e. The summed E-state index contributed by atoms with van der Waals surface area (Å²) >= 11 is 0. The van der Waals surface area contributed by atoms with Crippen LogP contribution >= 0.6 is 0 Å². The lowest BCUT2D eigenvalue weighted by molar-refractivity contribution is 0.598. The summed E-state index contributed by atoms with van der Waals surface area (Å²) in [6.45, 7) is 7.00. The fraction of sp³-hybridized carbons (Fsp3) is 0.368. The second-order valence-corrected chi connectivity index (χ2v) is 7.75. The first-order chi connectivity index (χ1) is 11.4. The zero-order valence-electron chi connectivity index (χ0n) is 14.6. The quantitative estimate of drug-likeness (QED) is 0.754. The number of hydrogen-bond donors (Lipinski definition) is 1. The van der Waals surface area contributed by atoms with Crippen LogP contribution in [0, 0.1) is 6.92 Å². The van der Waals surface area contributed by atoms with Crippen molar-refractivity contribution in [2.45, 2.75) is 33.6 Å². The molecule has 0 bridgehead atoms. The predicted octanol–water partition coefficient (Wildman–Crippen LogP) is 4.69. The van der Waals surface area contributed by atoms with Crippen molar-refractivity contribution in [1.29, 1.82) is 0 Å². The number of sulfonamides is 1. The fourth-order valence-corrected chi connectivity index (χ4v) is 3.85. The SMILES string of the molecule is CCCCS(=O)(=O)Nc1ccc(N(CC)c2cccc(C)c2)cc1. The number of hydrogen-bond acceptors (Lipinski definition) is 3. The summed E-state index contributed by atoms with van der Waals surface area (Å²) in [5, 5.41) is 0. The van der Waals surface area contributed by atoms with Crippen LogP contribution in [0.2, 0.25) is 0 Å². The van der Waals surface area contributed by atoms with E-state index in [2.05, 4.69) is 41.7 Å². The molecule has 0 saturated carbocycles. The third-order valence-corrected chi connectivity index (χ3v) is 5.22. The minimum atomic E-state index is -3.26. The van der Waals surface area contributed by atoms with E-state index < -0.39 is 10.0 Å². The van der Waals surface area contributed by atoms with Crippen molar-refractivity contribution in [2.24, 2.45) is 0 Å². The summed E-state index contributed by atoms with van der Waals surface area (Å²) in [7, 11) is -3.26. The van der Waals surface area contributed by atoms with E-state index in [9.17, 15) is 8.42 Å². The Balaban J connectivity index is 2.16. The molecule has 1 N–H and O–H groups in total. The van der Waals surface area contributed by atoms with Crippen molar-refractivity contribution in [3.05, 3.63) is 54.1 Å². The third kappa shape index (κ3) is 4.99. The summed E-state index contributed by atoms with van der Waals surface area (Å²) in [6, 6.07) is 15.9. The van der Waals surface area contributed by atoms with E-state index in [4.69, 9.17) is 0 Å². The van der Waals surface area contributed by atoms with E-state index in [-0.39, 0.29) is 5.75 Å². The highest BCUT2D eigenvalue weighted by molar-refractivity contribution is 7.92. The van der Waals surface area contributed by atoms with Gasteiger partial charge in [0.15, 0.2) is 0 Å². The van der Waals surface area contributed by atoms with Crippen LogP contribution in [0.3, 0.4) is 0 Å². The molecule has 2 rings (SSSR count). The molecule has 2 aromatic carbocycles. The number of benzene rings is 2. The zero-order chi connectivity index (χ0) is 17.6. The molecular weight excluding hydrogens is 320 g/mol. The first kappa shape index (κ1) is 18.3. The maximum atomic E-state index is 12.0. The van der Waals surface area contributed by atoms with Crippen LogP contribution in [0.5, 0.6) is 0 Å². The molecule has 0 atom stereocenters. The van der Waals surface area contributed by atoms with E-state index in [1.807, 2.05) is 37.3 Å². The maximum Gasteiger partial charge on any atom is 0.232 e. The molecule has 0 aliphatic rings. The molecule has 130 valence electrons. The highest BCUT2D eigenvalue weighted by Crippen LogP contribution is 2.27. The molecule has 5 heteroatoms. The molecule has 0 unspecified atom stereocenters.